The third-order valence-corrected chi connectivity index (χ3v) is 4.98. The van der Waals surface area contributed by atoms with Crippen molar-refractivity contribution in [3.05, 3.63) is 76.5 Å². The molecule has 1 aliphatic heterocycles. The zero-order chi connectivity index (χ0) is 21.5. The molecule has 156 valence electrons. The maximum atomic E-state index is 13.5. The van der Waals surface area contributed by atoms with Crippen molar-refractivity contribution in [2.45, 2.75) is 6.10 Å². The first-order valence-corrected chi connectivity index (χ1v) is 9.46. The molecule has 9 nitrogen and oxygen atoms in total. The summed E-state index contributed by atoms with van der Waals surface area (Å²) in [6.07, 6.45) is 0.887. The Morgan fingerprint density at radius 3 is 2.74 bits per heavy atom. The van der Waals surface area contributed by atoms with Crippen molar-refractivity contribution in [3.8, 4) is 16.9 Å². The number of aromatic nitrogens is 4. The second-order valence-electron chi connectivity index (χ2n) is 7.15. The predicted octanol–water partition coefficient (Wildman–Crippen LogP) is 1.66. The molecular formula is C21H16FN5O4. The van der Waals surface area contributed by atoms with Gasteiger partial charge in [0.2, 0.25) is 0 Å². The molecule has 1 saturated heterocycles. The lowest BCUT2D eigenvalue weighted by Crippen LogP contribution is -2.28. The molecule has 0 bridgehead atoms. The lowest BCUT2D eigenvalue weighted by atomic mass is 10.1. The fourth-order valence-electron chi connectivity index (χ4n) is 3.40. The molecule has 10 heteroatoms. The van der Waals surface area contributed by atoms with Crippen LogP contribution in [0.5, 0.6) is 0 Å². The number of carbonyl (C=O) groups excluding carboxylic acids is 1. The summed E-state index contributed by atoms with van der Waals surface area (Å²) in [4.78, 5) is 32.7. The van der Waals surface area contributed by atoms with Gasteiger partial charge in [-0.15, -0.1) is 5.10 Å². The number of rotatable bonds is 3. The zero-order valence-corrected chi connectivity index (χ0v) is 16.0. The number of nitrogens with one attached hydrogen (secondary N) is 1. The highest BCUT2D eigenvalue weighted by molar-refractivity contribution is 5.93. The van der Waals surface area contributed by atoms with Gasteiger partial charge in [-0.3, -0.25) is 14.4 Å². The van der Waals surface area contributed by atoms with Crippen LogP contribution in [-0.4, -0.2) is 55.3 Å². The minimum absolute atomic E-state index is 0.0894. The van der Waals surface area contributed by atoms with Gasteiger partial charge in [0.25, 0.3) is 11.5 Å². The largest absolute Gasteiger partial charge is 0.389 e. The first kappa shape index (κ1) is 19.1. The molecule has 0 radical (unpaired) electrons. The number of β-amino-alcohol motifs (C(OH)–C–C–N with tert-alkyl or cyclic N) is 1. The van der Waals surface area contributed by atoms with Gasteiger partial charge in [-0.2, -0.15) is 0 Å². The van der Waals surface area contributed by atoms with Gasteiger partial charge in [0.15, 0.2) is 0 Å². The molecule has 4 aromatic rings. The third kappa shape index (κ3) is 3.58. The van der Waals surface area contributed by atoms with Crippen LogP contribution in [0.25, 0.3) is 27.8 Å². The minimum atomic E-state index is -0.688. The Morgan fingerprint density at radius 2 is 2.00 bits per heavy atom. The SMILES string of the molecule is O=C(c1ccc(-n2cc(-c3cc4cc(F)ccc4[nH]c3=O)nn2)cc1)N1C[C@@H](O)CO1. The van der Waals surface area contributed by atoms with E-state index in [9.17, 15) is 19.1 Å². The van der Waals surface area contributed by atoms with E-state index >= 15 is 0 Å². The molecule has 0 spiro atoms. The minimum Gasteiger partial charge on any atom is -0.389 e. The summed E-state index contributed by atoms with van der Waals surface area (Å²) in [7, 11) is 0. The Labute approximate surface area is 174 Å². The number of carbonyl (C=O) groups is 1. The lowest BCUT2D eigenvalue weighted by Gasteiger charge is -2.13. The summed E-state index contributed by atoms with van der Waals surface area (Å²) in [5.74, 6) is -0.755. The van der Waals surface area contributed by atoms with E-state index < -0.39 is 11.9 Å². The second kappa shape index (κ2) is 7.42. The average Bonchev–Trinajstić information content (AvgIpc) is 3.43. The molecule has 0 unspecified atom stereocenters. The van der Waals surface area contributed by atoms with Crippen molar-refractivity contribution in [1.29, 1.82) is 0 Å². The van der Waals surface area contributed by atoms with Gasteiger partial charge in [0.05, 0.1) is 24.0 Å². The number of nitrogens with zero attached hydrogens (tertiary/aromatic N) is 4. The number of aliphatic hydroxyl groups excluding tert-OH is 1. The van der Waals surface area contributed by atoms with E-state index in [2.05, 4.69) is 15.3 Å². The fraction of sp³-hybridized carbons (Fsp3) is 0.143. The maximum absolute atomic E-state index is 13.5. The van der Waals surface area contributed by atoms with Crippen LogP contribution < -0.4 is 5.56 Å². The second-order valence-corrected chi connectivity index (χ2v) is 7.15. The van der Waals surface area contributed by atoms with Crippen LogP contribution in [0.15, 0.2) is 59.5 Å². The van der Waals surface area contributed by atoms with Gasteiger partial charge < -0.3 is 10.1 Å². The molecule has 1 fully saturated rings. The maximum Gasteiger partial charge on any atom is 0.277 e. The number of H-pyrrole nitrogens is 1. The van der Waals surface area contributed by atoms with E-state index in [-0.39, 0.29) is 30.2 Å². The average molecular weight is 421 g/mol. The molecule has 2 aromatic carbocycles. The third-order valence-electron chi connectivity index (χ3n) is 4.98. The number of pyridine rings is 1. The molecule has 0 saturated carbocycles. The van der Waals surface area contributed by atoms with Crippen molar-refractivity contribution >= 4 is 16.8 Å². The molecule has 5 rings (SSSR count). The van der Waals surface area contributed by atoms with Gasteiger partial charge in [0.1, 0.15) is 24.2 Å². The van der Waals surface area contributed by atoms with Crippen LogP contribution in [0.2, 0.25) is 0 Å². The number of fused-ring (bicyclic) bond motifs is 1. The van der Waals surface area contributed by atoms with Crippen LogP contribution in [0.3, 0.4) is 0 Å². The number of hydrogen-bond acceptors (Lipinski definition) is 6. The highest BCUT2D eigenvalue weighted by Crippen LogP contribution is 2.20. The van der Waals surface area contributed by atoms with Crippen molar-refractivity contribution in [2.75, 3.05) is 13.2 Å². The van der Waals surface area contributed by atoms with E-state index in [1.165, 1.54) is 22.9 Å². The standard InChI is InChI=1S/C21H16FN5O4/c22-14-3-6-18-13(7-14)8-17(20(29)23-18)19-10-26(25-24-19)15-4-1-12(2-5-15)21(30)27-9-16(28)11-31-27/h1-8,10,16,28H,9,11H2,(H,23,29)/t16-/m1/s1. The monoisotopic (exact) mass is 421 g/mol. The topological polar surface area (TPSA) is 113 Å². The van der Waals surface area contributed by atoms with Gasteiger partial charge in [0, 0.05) is 16.5 Å². The fourth-order valence-corrected chi connectivity index (χ4v) is 3.40. The van der Waals surface area contributed by atoms with Crippen LogP contribution in [-0.2, 0) is 4.84 Å². The van der Waals surface area contributed by atoms with Crippen LogP contribution in [0.1, 0.15) is 10.4 Å². The van der Waals surface area contributed by atoms with Crippen molar-refractivity contribution in [3.63, 3.8) is 0 Å². The van der Waals surface area contributed by atoms with Gasteiger partial charge in [-0.1, -0.05) is 5.21 Å². The van der Waals surface area contributed by atoms with Crippen molar-refractivity contribution in [1.82, 2.24) is 25.0 Å². The quantitative estimate of drug-likeness (QED) is 0.520. The van der Waals surface area contributed by atoms with Gasteiger partial charge >= 0.3 is 0 Å². The molecule has 0 aliphatic carbocycles. The smallest absolute Gasteiger partial charge is 0.277 e. The Balaban J connectivity index is 1.42. The molecule has 1 atom stereocenters. The summed E-state index contributed by atoms with van der Waals surface area (Å²) in [5.41, 5.74) is 1.78. The molecule has 1 amide bonds. The Hall–Kier alpha value is -3.89. The molecular weight excluding hydrogens is 405 g/mol. The molecule has 1 aliphatic rings. The highest BCUT2D eigenvalue weighted by Gasteiger charge is 2.27. The highest BCUT2D eigenvalue weighted by atomic mass is 19.1. The zero-order valence-electron chi connectivity index (χ0n) is 16.0. The summed E-state index contributed by atoms with van der Waals surface area (Å²) in [6.45, 7) is 0.212. The Kier molecular flexibility index (Phi) is 4.57. The molecule has 3 heterocycles. The summed E-state index contributed by atoms with van der Waals surface area (Å²) in [5, 5.41) is 19.3. The van der Waals surface area contributed by atoms with E-state index in [0.717, 1.165) is 5.06 Å². The van der Waals surface area contributed by atoms with Crippen LogP contribution in [0, 0.1) is 5.82 Å². The first-order chi connectivity index (χ1) is 15.0. The normalized spacial score (nSPS) is 16.2. The first-order valence-electron chi connectivity index (χ1n) is 9.46. The van der Waals surface area contributed by atoms with Crippen LogP contribution >= 0.6 is 0 Å². The number of hydrogen-bond donors (Lipinski definition) is 2. The van der Waals surface area contributed by atoms with E-state index in [4.69, 9.17) is 4.84 Å². The Bertz CT molecular complexity index is 1350. The van der Waals surface area contributed by atoms with E-state index in [1.54, 1.807) is 36.5 Å². The van der Waals surface area contributed by atoms with Crippen LogP contribution in [0.4, 0.5) is 4.39 Å². The lowest BCUT2D eigenvalue weighted by molar-refractivity contribution is -0.0779. The molecule has 2 N–H and O–H groups in total. The van der Waals surface area contributed by atoms with E-state index in [1.807, 2.05) is 0 Å². The molecule has 31 heavy (non-hydrogen) atoms. The van der Waals surface area contributed by atoms with Gasteiger partial charge in [-0.05, 0) is 48.5 Å². The summed E-state index contributed by atoms with van der Waals surface area (Å²) >= 11 is 0. The number of hydroxylamine groups is 2. The summed E-state index contributed by atoms with van der Waals surface area (Å²) in [6, 6.07) is 12.3. The molecule has 2 aromatic heterocycles. The van der Waals surface area contributed by atoms with Crippen molar-refractivity contribution < 1.29 is 19.1 Å². The van der Waals surface area contributed by atoms with Gasteiger partial charge in [-0.25, -0.2) is 14.1 Å². The Morgan fingerprint density at radius 1 is 1.19 bits per heavy atom. The predicted molar refractivity (Wildman–Crippen MR) is 108 cm³/mol. The number of halogens is 1. The number of benzene rings is 2. The number of amides is 1. The van der Waals surface area contributed by atoms with Crippen molar-refractivity contribution in [2.24, 2.45) is 0 Å². The number of aliphatic hydroxyl groups is 1. The number of aromatic amines is 1. The van der Waals surface area contributed by atoms with E-state index in [0.29, 0.717) is 27.8 Å². The summed E-state index contributed by atoms with van der Waals surface area (Å²) < 4.78 is 15.0.